The summed E-state index contributed by atoms with van der Waals surface area (Å²) in [6, 6.07) is 12.7. The van der Waals surface area contributed by atoms with Crippen molar-refractivity contribution in [3.63, 3.8) is 0 Å². The Morgan fingerprint density at radius 1 is 1.15 bits per heavy atom. The third-order valence-electron chi connectivity index (χ3n) is 3.11. The van der Waals surface area contributed by atoms with Gasteiger partial charge in [-0.15, -0.1) is 0 Å². The van der Waals surface area contributed by atoms with Crippen LogP contribution in [0.5, 0.6) is 0 Å². The average molecular weight is 347 g/mol. The molecule has 0 saturated heterocycles. The fraction of sp³-hybridized carbons (Fsp3) is 0. The highest BCUT2D eigenvalue weighted by Gasteiger charge is 2.13. The Bertz CT molecular complexity index is 811. The van der Waals surface area contributed by atoms with E-state index in [-0.39, 0.29) is 5.78 Å². The van der Waals surface area contributed by atoms with E-state index in [1.165, 1.54) is 0 Å². The Hall–Kier alpha value is -1.71. The van der Waals surface area contributed by atoms with Crippen molar-refractivity contribution in [1.29, 1.82) is 0 Å². The number of hydrogen-bond acceptors (Lipinski definition) is 2. The lowest BCUT2D eigenvalue weighted by Crippen LogP contribution is -2.02. The molecule has 2 aromatic carbocycles. The van der Waals surface area contributed by atoms with Crippen LogP contribution in [0.1, 0.15) is 15.9 Å². The Balaban J connectivity index is 2.15. The second kappa shape index (κ2) is 5.35. The molecule has 0 N–H and O–H groups in total. The van der Waals surface area contributed by atoms with Gasteiger partial charge in [0.25, 0.3) is 0 Å². The molecule has 0 aliphatic carbocycles. The minimum atomic E-state index is -0.0574. The van der Waals surface area contributed by atoms with Gasteiger partial charge in [-0.3, -0.25) is 9.78 Å². The summed E-state index contributed by atoms with van der Waals surface area (Å²) >= 11 is 9.37. The summed E-state index contributed by atoms with van der Waals surface area (Å²) in [5, 5.41) is 2.36. The second-order valence-electron chi connectivity index (χ2n) is 4.36. The average Bonchev–Trinajstić information content (AvgIpc) is 2.49. The van der Waals surface area contributed by atoms with E-state index in [1.54, 1.807) is 30.6 Å². The van der Waals surface area contributed by atoms with Gasteiger partial charge in [0.2, 0.25) is 0 Å². The minimum absolute atomic E-state index is 0.0574. The van der Waals surface area contributed by atoms with E-state index in [4.69, 9.17) is 11.6 Å². The van der Waals surface area contributed by atoms with E-state index in [9.17, 15) is 4.79 Å². The van der Waals surface area contributed by atoms with E-state index in [0.29, 0.717) is 16.1 Å². The number of halogens is 2. The van der Waals surface area contributed by atoms with E-state index >= 15 is 0 Å². The third kappa shape index (κ3) is 2.35. The summed E-state index contributed by atoms with van der Waals surface area (Å²) < 4.78 is 0.773. The fourth-order valence-electron chi connectivity index (χ4n) is 2.10. The summed E-state index contributed by atoms with van der Waals surface area (Å²) in [5.41, 5.74) is 1.20. The standard InChI is InChI=1S/C16H9BrClNO/c17-14-5-4-11(8-15(14)18)16(20)12-3-1-2-10-6-7-19-9-13(10)12/h1-9H. The number of pyridine rings is 1. The van der Waals surface area contributed by atoms with Crippen LogP contribution in [0.3, 0.4) is 0 Å². The number of carbonyl (C=O) groups excluding carboxylic acids is 1. The molecule has 1 heterocycles. The maximum atomic E-state index is 12.6. The van der Waals surface area contributed by atoms with Crippen LogP contribution in [0.4, 0.5) is 0 Å². The van der Waals surface area contributed by atoms with Gasteiger partial charge < -0.3 is 0 Å². The zero-order valence-corrected chi connectivity index (χ0v) is 12.6. The van der Waals surface area contributed by atoms with Crippen LogP contribution in [0, 0.1) is 0 Å². The monoisotopic (exact) mass is 345 g/mol. The van der Waals surface area contributed by atoms with Crippen LogP contribution in [0.15, 0.2) is 59.3 Å². The predicted molar refractivity (Wildman–Crippen MR) is 84.3 cm³/mol. The van der Waals surface area contributed by atoms with Gasteiger partial charge in [0.1, 0.15) is 0 Å². The van der Waals surface area contributed by atoms with Gasteiger partial charge in [0.05, 0.1) is 5.02 Å². The van der Waals surface area contributed by atoms with E-state index in [1.807, 2.05) is 24.3 Å². The van der Waals surface area contributed by atoms with Crippen LogP contribution in [0.25, 0.3) is 10.8 Å². The number of nitrogens with zero attached hydrogens (tertiary/aromatic N) is 1. The fourth-order valence-corrected chi connectivity index (χ4v) is 2.53. The molecule has 0 bridgehead atoms. The summed E-state index contributed by atoms with van der Waals surface area (Å²) in [4.78, 5) is 16.7. The van der Waals surface area contributed by atoms with Crippen molar-refractivity contribution in [2.75, 3.05) is 0 Å². The van der Waals surface area contributed by atoms with Crippen molar-refractivity contribution >= 4 is 44.1 Å². The number of ketones is 1. The molecule has 4 heteroatoms. The predicted octanol–water partition coefficient (Wildman–Crippen LogP) is 4.88. The maximum absolute atomic E-state index is 12.6. The summed E-state index contributed by atoms with van der Waals surface area (Å²) in [7, 11) is 0. The van der Waals surface area contributed by atoms with Gasteiger partial charge in [-0.05, 0) is 45.6 Å². The molecule has 0 aliphatic heterocycles. The zero-order chi connectivity index (χ0) is 14.1. The van der Waals surface area contributed by atoms with E-state index in [2.05, 4.69) is 20.9 Å². The molecule has 0 radical (unpaired) electrons. The smallest absolute Gasteiger partial charge is 0.193 e. The molecule has 0 aliphatic rings. The molecule has 0 atom stereocenters. The molecule has 0 spiro atoms. The first-order valence-corrected chi connectivity index (χ1v) is 7.16. The van der Waals surface area contributed by atoms with Crippen molar-refractivity contribution in [3.8, 4) is 0 Å². The number of aromatic nitrogens is 1. The highest BCUT2D eigenvalue weighted by molar-refractivity contribution is 9.10. The lowest BCUT2D eigenvalue weighted by Gasteiger charge is -2.06. The van der Waals surface area contributed by atoms with Gasteiger partial charge in [0.15, 0.2) is 5.78 Å². The molecule has 0 amide bonds. The summed E-state index contributed by atoms with van der Waals surface area (Å²) in [5.74, 6) is -0.0574. The van der Waals surface area contributed by atoms with Crippen molar-refractivity contribution in [1.82, 2.24) is 4.98 Å². The minimum Gasteiger partial charge on any atom is -0.289 e. The second-order valence-corrected chi connectivity index (χ2v) is 5.62. The van der Waals surface area contributed by atoms with Crippen molar-refractivity contribution < 1.29 is 4.79 Å². The molecule has 98 valence electrons. The normalized spacial score (nSPS) is 10.7. The van der Waals surface area contributed by atoms with Crippen molar-refractivity contribution in [3.05, 3.63) is 75.5 Å². The molecule has 3 aromatic rings. The first-order chi connectivity index (χ1) is 9.66. The van der Waals surface area contributed by atoms with Gasteiger partial charge in [0, 0.05) is 33.4 Å². The van der Waals surface area contributed by atoms with Crippen LogP contribution in [-0.2, 0) is 0 Å². The Morgan fingerprint density at radius 3 is 2.80 bits per heavy atom. The van der Waals surface area contributed by atoms with Crippen LogP contribution >= 0.6 is 27.5 Å². The van der Waals surface area contributed by atoms with Gasteiger partial charge in [-0.2, -0.15) is 0 Å². The number of benzene rings is 2. The topological polar surface area (TPSA) is 30.0 Å². The van der Waals surface area contributed by atoms with Crippen LogP contribution in [-0.4, -0.2) is 10.8 Å². The first kappa shape index (κ1) is 13.3. The Morgan fingerprint density at radius 2 is 2.00 bits per heavy atom. The van der Waals surface area contributed by atoms with E-state index < -0.39 is 0 Å². The molecule has 0 unspecified atom stereocenters. The highest BCUT2D eigenvalue weighted by Crippen LogP contribution is 2.26. The number of carbonyl (C=O) groups is 1. The molecule has 2 nitrogen and oxygen atoms in total. The van der Waals surface area contributed by atoms with Crippen LogP contribution in [0.2, 0.25) is 5.02 Å². The number of fused-ring (bicyclic) bond motifs is 1. The lowest BCUT2D eigenvalue weighted by molar-refractivity contribution is 0.104. The number of hydrogen-bond donors (Lipinski definition) is 0. The quantitative estimate of drug-likeness (QED) is 0.619. The van der Waals surface area contributed by atoms with Crippen molar-refractivity contribution in [2.24, 2.45) is 0 Å². The zero-order valence-electron chi connectivity index (χ0n) is 10.3. The summed E-state index contributed by atoms with van der Waals surface area (Å²) in [6.07, 6.45) is 3.43. The molecule has 0 saturated carbocycles. The molecule has 1 aromatic heterocycles. The molecular formula is C16H9BrClNO. The van der Waals surface area contributed by atoms with Gasteiger partial charge in [-0.25, -0.2) is 0 Å². The van der Waals surface area contributed by atoms with Crippen LogP contribution < -0.4 is 0 Å². The van der Waals surface area contributed by atoms with Crippen molar-refractivity contribution in [2.45, 2.75) is 0 Å². The molecule has 3 rings (SSSR count). The highest BCUT2D eigenvalue weighted by atomic mass is 79.9. The lowest BCUT2D eigenvalue weighted by atomic mass is 9.98. The molecule has 0 fully saturated rings. The van der Waals surface area contributed by atoms with Gasteiger partial charge >= 0.3 is 0 Å². The Kier molecular flexibility index (Phi) is 3.55. The molecule has 20 heavy (non-hydrogen) atoms. The first-order valence-electron chi connectivity index (χ1n) is 5.99. The van der Waals surface area contributed by atoms with E-state index in [0.717, 1.165) is 15.2 Å². The Labute approximate surface area is 129 Å². The molecular weight excluding hydrogens is 338 g/mol. The largest absolute Gasteiger partial charge is 0.289 e. The number of rotatable bonds is 2. The third-order valence-corrected chi connectivity index (χ3v) is 4.34. The SMILES string of the molecule is O=C(c1ccc(Br)c(Cl)c1)c1cccc2ccncc12. The summed E-state index contributed by atoms with van der Waals surface area (Å²) in [6.45, 7) is 0. The van der Waals surface area contributed by atoms with Gasteiger partial charge in [-0.1, -0.05) is 29.8 Å². The maximum Gasteiger partial charge on any atom is 0.193 e.